The molecule has 41 heavy (non-hydrogen) atoms. The molecule has 0 radical (unpaired) electrons. The fraction of sp³-hybridized carbons (Fsp3) is 0.694. The molecule has 1 aliphatic rings. The number of hydrogen-bond donors (Lipinski definition) is 0. The third-order valence-electron chi connectivity index (χ3n) is 6.97. The first-order chi connectivity index (χ1) is 19.3. The zero-order chi connectivity index (χ0) is 32.0. The molecule has 1 aliphatic carbocycles. The van der Waals surface area contributed by atoms with Crippen LogP contribution < -0.4 is 0 Å². The molecule has 0 spiro atoms. The van der Waals surface area contributed by atoms with Crippen LogP contribution >= 0.6 is 0 Å². The minimum atomic E-state index is -0.0625. The van der Waals surface area contributed by atoms with Crippen LogP contribution in [0.2, 0.25) is 0 Å². The summed E-state index contributed by atoms with van der Waals surface area (Å²) in [6, 6.07) is 6.10. The van der Waals surface area contributed by atoms with Crippen LogP contribution in [0, 0.1) is 24.7 Å². The molecule has 3 atom stereocenters. The highest BCUT2D eigenvalue weighted by Gasteiger charge is 2.32. The van der Waals surface area contributed by atoms with Crippen LogP contribution in [-0.4, -0.2) is 28.9 Å². The molecule has 2 rings (SSSR count). The largest absolute Gasteiger partial charge is 0.300 e. The highest BCUT2D eigenvalue weighted by atomic mass is 16.2. The standard InChI is InChI=1S/C23H32O3.C5H8O2.C5H12.C3H8/c1-5-8-18(20(6-2)21(25)11-16(4)24)12-17-13-19-10-7-9-15(3)23(19)22(26)14-17;1-4(6)3-5(2)7;1-3-5-4-2;1-3-2/h7,9-10,17-18,20H,5-6,8,11-14H2,1-4H3;3H2,1-2H3;3-5H2,1-2H3;3H2,1-2H3. The molecule has 0 fully saturated rings. The maximum Gasteiger partial charge on any atom is 0.163 e. The van der Waals surface area contributed by atoms with E-state index in [0.29, 0.717) is 12.3 Å². The Labute approximate surface area is 251 Å². The number of hydrogen-bond acceptors (Lipinski definition) is 5. The maximum atomic E-state index is 12.7. The molecule has 0 bridgehead atoms. The molecule has 1 aromatic rings. The van der Waals surface area contributed by atoms with Crippen LogP contribution in [0.25, 0.3) is 0 Å². The zero-order valence-electron chi connectivity index (χ0n) is 28.0. The van der Waals surface area contributed by atoms with Gasteiger partial charge in [0.05, 0.1) is 12.8 Å². The van der Waals surface area contributed by atoms with Crippen molar-refractivity contribution in [3.05, 3.63) is 34.9 Å². The molecule has 5 nitrogen and oxygen atoms in total. The third kappa shape index (κ3) is 18.6. The molecule has 3 unspecified atom stereocenters. The number of fused-ring (bicyclic) bond motifs is 1. The molecular formula is C36H60O5. The average Bonchev–Trinajstić information content (AvgIpc) is 2.85. The minimum absolute atomic E-state index is 0.0460. The van der Waals surface area contributed by atoms with E-state index in [9.17, 15) is 24.0 Å². The van der Waals surface area contributed by atoms with Gasteiger partial charge in [-0.3, -0.25) is 24.0 Å². The van der Waals surface area contributed by atoms with Crippen LogP contribution in [0.4, 0.5) is 0 Å². The van der Waals surface area contributed by atoms with E-state index >= 15 is 0 Å². The van der Waals surface area contributed by atoms with Gasteiger partial charge in [0, 0.05) is 17.9 Å². The van der Waals surface area contributed by atoms with Crippen LogP contribution in [-0.2, 0) is 25.6 Å². The first kappa shape index (κ1) is 40.7. The lowest BCUT2D eigenvalue weighted by Crippen LogP contribution is -2.29. The number of carbonyl (C=O) groups excluding carboxylic acids is 5. The second kappa shape index (κ2) is 24.2. The fourth-order valence-corrected chi connectivity index (χ4v) is 5.40. The summed E-state index contributed by atoms with van der Waals surface area (Å²) in [5.74, 6) is 0.645. The summed E-state index contributed by atoms with van der Waals surface area (Å²) in [5, 5.41) is 0. The lowest BCUT2D eigenvalue weighted by molar-refractivity contribution is -0.130. The molecule has 0 saturated heterocycles. The zero-order valence-corrected chi connectivity index (χ0v) is 28.0. The number of carbonyl (C=O) groups is 5. The van der Waals surface area contributed by atoms with E-state index in [4.69, 9.17) is 0 Å². The number of aryl methyl sites for hydroxylation is 1. The second-order valence-electron chi connectivity index (χ2n) is 11.6. The van der Waals surface area contributed by atoms with Crippen LogP contribution in [0.3, 0.4) is 0 Å². The van der Waals surface area contributed by atoms with Gasteiger partial charge in [-0.1, -0.05) is 98.3 Å². The Bertz CT molecular complexity index is 916. The van der Waals surface area contributed by atoms with E-state index in [1.54, 1.807) is 0 Å². The van der Waals surface area contributed by atoms with E-state index in [-0.39, 0.29) is 53.6 Å². The number of ketones is 5. The predicted molar refractivity (Wildman–Crippen MR) is 172 cm³/mol. The van der Waals surface area contributed by atoms with E-state index in [0.717, 1.165) is 48.8 Å². The molecular weight excluding hydrogens is 512 g/mol. The summed E-state index contributed by atoms with van der Waals surface area (Å²) in [7, 11) is 0. The van der Waals surface area contributed by atoms with E-state index < -0.39 is 0 Å². The van der Waals surface area contributed by atoms with Gasteiger partial charge in [0.25, 0.3) is 0 Å². The highest BCUT2D eigenvalue weighted by molar-refractivity contribution is 6.00. The maximum absolute atomic E-state index is 12.7. The van der Waals surface area contributed by atoms with Gasteiger partial charge in [0.1, 0.15) is 23.1 Å². The Morgan fingerprint density at radius 3 is 1.73 bits per heavy atom. The second-order valence-corrected chi connectivity index (χ2v) is 11.6. The monoisotopic (exact) mass is 572 g/mol. The van der Waals surface area contributed by atoms with Gasteiger partial charge in [-0.05, 0) is 69.9 Å². The molecule has 0 saturated carbocycles. The topological polar surface area (TPSA) is 85.3 Å². The van der Waals surface area contributed by atoms with Gasteiger partial charge < -0.3 is 0 Å². The van der Waals surface area contributed by atoms with E-state index in [1.165, 1.54) is 46.5 Å². The summed E-state index contributed by atoms with van der Waals surface area (Å²) in [6.07, 6.45) is 10.6. The Hall–Kier alpha value is -2.43. The van der Waals surface area contributed by atoms with Gasteiger partial charge in [-0.2, -0.15) is 0 Å². The lowest BCUT2D eigenvalue weighted by atomic mass is 9.72. The van der Waals surface area contributed by atoms with Crippen molar-refractivity contribution in [2.45, 2.75) is 146 Å². The molecule has 234 valence electrons. The van der Waals surface area contributed by atoms with Crippen molar-refractivity contribution in [3.8, 4) is 0 Å². The number of rotatable bonds is 13. The molecule has 0 aliphatic heterocycles. The Balaban J connectivity index is 0. The molecule has 0 aromatic heterocycles. The number of benzene rings is 1. The van der Waals surface area contributed by atoms with Gasteiger partial charge in [0.15, 0.2) is 5.78 Å². The van der Waals surface area contributed by atoms with Crippen LogP contribution in [0.15, 0.2) is 18.2 Å². The minimum Gasteiger partial charge on any atom is -0.300 e. The summed E-state index contributed by atoms with van der Waals surface area (Å²) in [6.45, 7) is 19.1. The van der Waals surface area contributed by atoms with Crippen LogP contribution in [0.5, 0.6) is 0 Å². The quantitative estimate of drug-likeness (QED) is 0.220. The fourth-order valence-electron chi connectivity index (χ4n) is 5.40. The van der Waals surface area contributed by atoms with Crippen molar-refractivity contribution in [2.75, 3.05) is 0 Å². The Kier molecular flexibility index (Phi) is 24.0. The van der Waals surface area contributed by atoms with Crippen molar-refractivity contribution in [3.63, 3.8) is 0 Å². The van der Waals surface area contributed by atoms with Gasteiger partial charge in [-0.25, -0.2) is 0 Å². The van der Waals surface area contributed by atoms with Crippen LogP contribution in [0.1, 0.15) is 154 Å². The normalized spacial score (nSPS) is 14.9. The average molecular weight is 573 g/mol. The Morgan fingerprint density at radius 2 is 1.34 bits per heavy atom. The van der Waals surface area contributed by atoms with Gasteiger partial charge in [0.2, 0.25) is 0 Å². The van der Waals surface area contributed by atoms with Crippen molar-refractivity contribution < 1.29 is 24.0 Å². The summed E-state index contributed by atoms with van der Waals surface area (Å²) < 4.78 is 0. The summed E-state index contributed by atoms with van der Waals surface area (Å²) >= 11 is 0. The first-order valence-electron chi connectivity index (χ1n) is 16.0. The molecule has 0 amide bonds. The molecule has 0 heterocycles. The summed E-state index contributed by atoms with van der Waals surface area (Å²) in [5.41, 5.74) is 3.14. The van der Waals surface area contributed by atoms with Crippen molar-refractivity contribution in [1.82, 2.24) is 0 Å². The molecule has 0 N–H and O–H groups in total. The molecule has 1 aromatic carbocycles. The van der Waals surface area contributed by atoms with E-state index in [1.807, 2.05) is 26.0 Å². The third-order valence-corrected chi connectivity index (χ3v) is 6.97. The predicted octanol–water partition coefficient (Wildman–Crippen LogP) is 9.29. The highest BCUT2D eigenvalue weighted by Crippen LogP contribution is 2.36. The summed E-state index contributed by atoms with van der Waals surface area (Å²) in [4.78, 5) is 56.7. The van der Waals surface area contributed by atoms with Gasteiger partial charge >= 0.3 is 0 Å². The van der Waals surface area contributed by atoms with Gasteiger partial charge in [-0.15, -0.1) is 0 Å². The Morgan fingerprint density at radius 1 is 0.805 bits per heavy atom. The number of Topliss-reactive ketones (excluding diaryl/α,β-unsaturated/α-hetero) is 5. The SMILES string of the molecule is CC(=O)CC(C)=O.CCC.CCCC(CC1CC(=O)c2c(C)cccc2C1)C(CC)C(=O)CC(C)=O.CCCCC. The molecule has 5 heteroatoms. The van der Waals surface area contributed by atoms with E-state index in [2.05, 4.69) is 40.7 Å². The van der Waals surface area contributed by atoms with Crippen molar-refractivity contribution in [2.24, 2.45) is 17.8 Å². The smallest absolute Gasteiger partial charge is 0.163 e. The lowest BCUT2D eigenvalue weighted by Gasteiger charge is -2.31. The number of unbranched alkanes of at least 4 members (excludes halogenated alkanes) is 2. The van der Waals surface area contributed by atoms with Crippen molar-refractivity contribution >= 4 is 28.9 Å². The van der Waals surface area contributed by atoms with Crippen molar-refractivity contribution in [1.29, 1.82) is 0 Å². The first-order valence-corrected chi connectivity index (χ1v) is 16.0.